The quantitative estimate of drug-likeness (QED) is 0.232. The van der Waals surface area contributed by atoms with Gasteiger partial charge in [0.15, 0.2) is 0 Å². The van der Waals surface area contributed by atoms with Gasteiger partial charge in [-0.25, -0.2) is 10.6 Å². The Kier molecular flexibility index (Phi) is 6.02. The number of imide groups is 2. The molecule has 0 spiro atoms. The topological polar surface area (TPSA) is 147 Å². The van der Waals surface area contributed by atoms with Gasteiger partial charge in [-0.3, -0.25) is 24.1 Å². The molecule has 0 aliphatic carbocycles. The fourth-order valence-electron chi connectivity index (χ4n) is 2.30. The van der Waals surface area contributed by atoms with Crippen molar-refractivity contribution >= 4 is 29.8 Å². The molecular formula is C16H17N3O7. The predicted molar refractivity (Wildman–Crippen MR) is 85.7 cm³/mol. The van der Waals surface area contributed by atoms with E-state index in [0.717, 1.165) is 0 Å². The first-order chi connectivity index (χ1) is 12.3. The molecular weight excluding hydrogens is 346 g/mol. The van der Waals surface area contributed by atoms with Gasteiger partial charge in [0.1, 0.15) is 6.54 Å². The fraction of sp³-hybridized carbons (Fsp3) is 0.312. The van der Waals surface area contributed by atoms with Crippen LogP contribution in [0.3, 0.4) is 0 Å². The molecule has 0 bridgehead atoms. The van der Waals surface area contributed by atoms with E-state index in [1.807, 2.05) is 0 Å². The average Bonchev–Trinajstić information content (AvgIpc) is 2.85. The van der Waals surface area contributed by atoms with E-state index in [1.165, 1.54) is 12.1 Å². The third kappa shape index (κ3) is 4.22. The van der Waals surface area contributed by atoms with Crippen molar-refractivity contribution < 1.29 is 33.8 Å². The highest BCUT2D eigenvalue weighted by Crippen LogP contribution is 2.22. The standard InChI is InChI=1S/C16H17N3O7/c17-19(16(25)26-8-4-3-7-13(21)22)12(20)9-18-14(23)10-5-1-2-6-11(10)15(18)24/h1-2,5-6H,3-4,7-9,17H2,(H,21,22). The number of ether oxygens (including phenoxy) is 1. The number of hydrogen-bond donors (Lipinski definition) is 2. The number of carboxylic acids is 1. The Bertz CT molecular complexity index is 727. The smallest absolute Gasteiger partial charge is 0.431 e. The third-order valence-electron chi connectivity index (χ3n) is 3.65. The number of carbonyl (C=O) groups excluding carboxylic acids is 4. The summed E-state index contributed by atoms with van der Waals surface area (Å²) in [5.74, 6) is 2.12. The van der Waals surface area contributed by atoms with Crippen LogP contribution in [0, 0.1) is 0 Å². The summed E-state index contributed by atoms with van der Waals surface area (Å²) >= 11 is 0. The first-order valence-corrected chi connectivity index (χ1v) is 7.74. The van der Waals surface area contributed by atoms with Crippen LogP contribution in [0.2, 0.25) is 0 Å². The van der Waals surface area contributed by atoms with Crippen LogP contribution in [0.5, 0.6) is 0 Å². The van der Waals surface area contributed by atoms with Gasteiger partial charge in [-0.15, -0.1) is 0 Å². The number of hydrogen-bond acceptors (Lipinski definition) is 7. The van der Waals surface area contributed by atoms with Crippen molar-refractivity contribution in [2.45, 2.75) is 19.3 Å². The van der Waals surface area contributed by atoms with Gasteiger partial charge in [-0.1, -0.05) is 12.1 Å². The van der Waals surface area contributed by atoms with E-state index < -0.39 is 36.3 Å². The zero-order valence-electron chi connectivity index (χ0n) is 13.7. The van der Waals surface area contributed by atoms with E-state index in [4.69, 9.17) is 15.7 Å². The minimum Gasteiger partial charge on any atom is -0.481 e. The molecule has 0 unspecified atom stereocenters. The molecule has 0 fully saturated rings. The lowest BCUT2D eigenvalue weighted by atomic mass is 10.1. The molecule has 1 aromatic rings. The van der Waals surface area contributed by atoms with E-state index in [2.05, 4.69) is 0 Å². The van der Waals surface area contributed by atoms with Gasteiger partial charge in [0.2, 0.25) is 0 Å². The Morgan fingerprint density at radius 2 is 1.65 bits per heavy atom. The number of aliphatic carboxylic acids is 1. The average molecular weight is 363 g/mol. The van der Waals surface area contributed by atoms with Crippen LogP contribution >= 0.6 is 0 Å². The molecule has 0 saturated carbocycles. The maximum atomic E-state index is 12.2. The number of amides is 4. The van der Waals surface area contributed by atoms with Gasteiger partial charge in [0.05, 0.1) is 17.7 Å². The Morgan fingerprint density at radius 1 is 1.08 bits per heavy atom. The second-order valence-electron chi connectivity index (χ2n) is 5.47. The second kappa shape index (κ2) is 8.21. The first kappa shape index (κ1) is 19.1. The lowest BCUT2D eigenvalue weighted by Crippen LogP contribution is -2.49. The largest absolute Gasteiger partial charge is 0.481 e. The summed E-state index contributed by atoms with van der Waals surface area (Å²) in [5.41, 5.74) is 0.352. The molecule has 10 heteroatoms. The number of rotatable bonds is 7. The van der Waals surface area contributed by atoms with Gasteiger partial charge in [-0.05, 0) is 25.0 Å². The summed E-state index contributed by atoms with van der Waals surface area (Å²) in [5, 5.41) is 8.67. The van der Waals surface area contributed by atoms with Gasteiger partial charge in [0.25, 0.3) is 17.7 Å². The number of carboxylic acid groups (broad SMARTS) is 1. The minimum atomic E-state index is -1.15. The summed E-state index contributed by atoms with van der Waals surface area (Å²) in [6.07, 6.45) is -0.626. The van der Waals surface area contributed by atoms with Crippen molar-refractivity contribution in [2.24, 2.45) is 5.84 Å². The van der Waals surface area contributed by atoms with Crippen LogP contribution in [0.25, 0.3) is 0 Å². The molecule has 0 aromatic heterocycles. The Morgan fingerprint density at radius 3 is 2.19 bits per heavy atom. The van der Waals surface area contributed by atoms with Crippen molar-refractivity contribution in [1.82, 2.24) is 9.91 Å². The molecule has 1 aliphatic heterocycles. The zero-order valence-corrected chi connectivity index (χ0v) is 13.7. The number of nitrogens with two attached hydrogens (primary N) is 1. The Hall–Kier alpha value is -3.27. The summed E-state index contributed by atoms with van der Waals surface area (Å²) in [4.78, 5) is 59.1. The van der Waals surface area contributed by atoms with Crippen LogP contribution in [-0.2, 0) is 14.3 Å². The number of benzene rings is 1. The van der Waals surface area contributed by atoms with Crippen molar-refractivity contribution in [3.8, 4) is 0 Å². The molecule has 1 aromatic carbocycles. The van der Waals surface area contributed by atoms with Gasteiger partial charge in [-0.2, -0.15) is 5.01 Å². The number of fused-ring (bicyclic) bond motifs is 1. The molecule has 3 N–H and O–H groups in total. The van der Waals surface area contributed by atoms with Crippen LogP contribution in [0.4, 0.5) is 4.79 Å². The lowest BCUT2D eigenvalue weighted by Gasteiger charge is -2.18. The summed E-state index contributed by atoms with van der Waals surface area (Å²) < 4.78 is 4.75. The lowest BCUT2D eigenvalue weighted by molar-refractivity contribution is -0.137. The zero-order chi connectivity index (χ0) is 19.3. The highest BCUT2D eigenvalue weighted by Gasteiger charge is 2.37. The van der Waals surface area contributed by atoms with E-state index in [0.29, 0.717) is 17.7 Å². The molecule has 26 heavy (non-hydrogen) atoms. The monoisotopic (exact) mass is 363 g/mol. The predicted octanol–water partition coefficient (Wildman–Crippen LogP) is 0.376. The van der Waals surface area contributed by atoms with Crippen molar-refractivity contribution in [2.75, 3.05) is 13.2 Å². The number of nitrogens with zero attached hydrogens (tertiary/aromatic N) is 2. The van der Waals surface area contributed by atoms with Crippen molar-refractivity contribution in [3.63, 3.8) is 0 Å². The molecule has 0 saturated heterocycles. The third-order valence-corrected chi connectivity index (χ3v) is 3.65. The maximum absolute atomic E-state index is 12.2. The van der Waals surface area contributed by atoms with Gasteiger partial charge in [0, 0.05) is 6.42 Å². The number of unbranched alkanes of at least 4 members (excludes halogenated alkanes) is 1. The molecule has 1 aliphatic rings. The van der Waals surface area contributed by atoms with E-state index >= 15 is 0 Å². The normalized spacial score (nSPS) is 12.7. The van der Waals surface area contributed by atoms with Crippen molar-refractivity contribution in [3.05, 3.63) is 35.4 Å². The molecule has 138 valence electrons. The number of carbonyl (C=O) groups is 5. The molecule has 0 atom stereocenters. The van der Waals surface area contributed by atoms with Crippen LogP contribution in [-0.4, -0.2) is 58.0 Å². The molecule has 2 rings (SSSR count). The summed E-state index contributed by atoms with van der Waals surface area (Å²) in [6, 6.07) is 6.11. The van der Waals surface area contributed by atoms with Crippen molar-refractivity contribution in [1.29, 1.82) is 0 Å². The van der Waals surface area contributed by atoms with E-state index in [-0.39, 0.29) is 29.2 Å². The van der Waals surface area contributed by atoms with Crippen LogP contribution in [0.15, 0.2) is 24.3 Å². The Balaban J connectivity index is 1.85. The fourth-order valence-corrected chi connectivity index (χ4v) is 2.30. The maximum Gasteiger partial charge on any atom is 0.431 e. The minimum absolute atomic E-state index is 0.0669. The first-order valence-electron chi connectivity index (χ1n) is 7.74. The summed E-state index contributed by atoms with van der Waals surface area (Å²) in [7, 11) is 0. The van der Waals surface area contributed by atoms with E-state index in [9.17, 15) is 24.0 Å². The highest BCUT2D eigenvalue weighted by molar-refractivity contribution is 6.22. The van der Waals surface area contributed by atoms with Gasteiger partial charge < -0.3 is 9.84 Å². The second-order valence-corrected chi connectivity index (χ2v) is 5.47. The Labute approximate surface area is 148 Å². The molecule has 10 nitrogen and oxygen atoms in total. The van der Waals surface area contributed by atoms with Crippen LogP contribution < -0.4 is 5.84 Å². The SMILES string of the molecule is NN(C(=O)CN1C(=O)c2ccccc2C1=O)C(=O)OCCCCC(=O)O. The molecule has 4 amide bonds. The highest BCUT2D eigenvalue weighted by atomic mass is 16.6. The van der Waals surface area contributed by atoms with Crippen LogP contribution in [0.1, 0.15) is 40.0 Å². The summed E-state index contributed by atoms with van der Waals surface area (Å²) in [6.45, 7) is -0.808. The van der Waals surface area contributed by atoms with E-state index in [1.54, 1.807) is 12.1 Å². The number of hydrazine groups is 1. The molecule has 0 radical (unpaired) electrons. The van der Waals surface area contributed by atoms with Gasteiger partial charge >= 0.3 is 12.1 Å². The molecule has 1 heterocycles.